The lowest BCUT2D eigenvalue weighted by molar-refractivity contribution is -0.385. The second-order valence-corrected chi connectivity index (χ2v) is 5.38. The van der Waals surface area contributed by atoms with Gasteiger partial charge in [0, 0.05) is 17.3 Å². The Morgan fingerprint density at radius 2 is 2.10 bits per heavy atom. The molecule has 108 valence electrons. The molecule has 5 heteroatoms. The van der Waals surface area contributed by atoms with Crippen LogP contribution in [0.5, 0.6) is 5.75 Å². The number of hydrogen-bond donors (Lipinski definition) is 2. The largest absolute Gasteiger partial charge is 0.508 e. The van der Waals surface area contributed by atoms with Gasteiger partial charge >= 0.3 is 0 Å². The lowest BCUT2D eigenvalue weighted by Crippen LogP contribution is -2.07. The first-order valence-electron chi connectivity index (χ1n) is 6.88. The van der Waals surface area contributed by atoms with Gasteiger partial charge in [-0.15, -0.1) is 0 Å². The molecule has 0 saturated carbocycles. The lowest BCUT2D eigenvalue weighted by Gasteiger charge is -2.16. The predicted molar refractivity (Wildman–Crippen MR) is 80.6 cm³/mol. The standard InChI is InChI=1S/C16H16N2O3/c1-10-2-4-12(9-16(10)18(20)21)17-15-7-3-11-8-13(19)5-6-14(11)15/h2,4-6,8-9,15,17,19H,3,7H2,1H3. The molecular weight excluding hydrogens is 268 g/mol. The molecule has 1 aliphatic rings. The number of aryl methyl sites for hydroxylation is 2. The zero-order chi connectivity index (χ0) is 15.0. The Morgan fingerprint density at radius 1 is 1.29 bits per heavy atom. The molecule has 0 heterocycles. The second kappa shape index (κ2) is 5.09. The maximum atomic E-state index is 11.0. The topological polar surface area (TPSA) is 75.4 Å². The van der Waals surface area contributed by atoms with E-state index in [4.69, 9.17) is 0 Å². The molecule has 0 aromatic heterocycles. The molecule has 0 amide bonds. The average Bonchev–Trinajstić information content (AvgIpc) is 2.83. The van der Waals surface area contributed by atoms with Crippen LogP contribution in [0.1, 0.15) is 29.2 Å². The van der Waals surface area contributed by atoms with Gasteiger partial charge in [-0.2, -0.15) is 0 Å². The third-order valence-corrected chi connectivity index (χ3v) is 3.95. The van der Waals surface area contributed by atoms with Crippen LogP contribution in [-0.4, -0.2) is 10.0 Å². The highest BCUT2D eigenvalue weighted by Gasteiger charge is 2.23. The van der Waals surface area contributed by atoms with E-state index in [1.54, 1.807) is 31.2 Å². The van der Waals surface area contributed by atoms with Crippen LogP contribution >= 0.6 is 0 Å². The Labute approximate surface area is 122 Å². The molecule has 2 N–H and O–H groups in total. The third kappa shape index (κ3) is 2.54. The Bertz CT molecular complexity index is 713. The van der Waals surface area contributed by atoms with Crippen molar-refractivity contribution >= 4 is 11.4 Å². The number of nitro benzene ring substituents is 1. The Balaban J connectivity index is 1.86. The minimum Gasteiger partial charge on any atom is -0.508 e. The summed E-state index contributed by atoms with van der Waals surface area (Å²) in [5, 5.41) is 23.9. The number of hydrogen-bond acceptors (Lipinski definition) is 4. The van der Waals surface area contributed by atoms with Crippen molar-refractivity contribution in [2.75, 3.05) is 5.32 Å². The van der Waals surface area contributed by atoms with E-state index in [0.717, 1.165) is 29.7 Å². The summed E-state index contributed by atoms with van der Waals surface area (Å²) in [6, 6.07) is 10.7. The van der Waals surface area contributed by atoms with E-state index in [9.17, 15) is 15.2 Å². The van der Waals surface area contributed by atoms with E-state index >= 15 is 0 Å². The maximum absolute atomic E-state index is 11.0. The van der Waals surface area contributed by atoms with Gasteiger partial charge in [-0.1, -0.05) is 12.1 Å². The molecule has 0 aliphatic heterocycles. The van der Waals surface area contributed by atoms with E-state index in [1.807, 2.05) is 12.1 Å². The van der Waals surface area contributed by atoms with Crippen molar-refractivity contribution in [1.82, 2.24) is 0 Å². The number of aromatic hydroxyl groups is 1. The molecule has 0 saturated heterocycles. The van der Waals surface area contributed by atoms with Gasteiger partial charge < -0.3 is 10.4 Å². The summed E-state index contributed by atoms with van der Waals surface area (Å²) < 4.78 is 0. The normalized spacial score (nSPS) is 16.5. The van der Waals surface area contributed by atoms with Crippen LogP contribution in [0.15, 0.2) is 36.4 Å². The summed E-state index contributed by atoms with van der Waals surface area (Å²) in [4.78, 5) is 10.6. The quantitative estimate of drug-likeness (QED) is 0.665. The van der Waals surface area contributed by atoms with Gasteiger partial charge in [-0.05, 0) is 49.1 Å². The fourth-order valence-corrected chi connectivity index (χ4v) is 2.85. The fraction of sp³-hybridized carbons (Fsp3) is 0.250. The second-order valence-electron chi connectivity index (χ2n) is 5.38. The Morgan fingerprint density at radius 3 is 2.86 bits per heavy atom. The molecule has 1 aliphatic carbocycles. The highest BCUT2D eigenvalue weighted by atomic mass is 16.6. The molecule has 0 bridgehead atoms. The van der Waals surface area contributed by atoms with Gasteiger partial charge in [-0.25, -0.2) is 0 Å². The van der Waals surface area contributed by atoms with E-state index in [0.29, 0.717) is 5.56 Å². The van der Waals surface area contributed by atoms with E-state index in [-0.39, 0.29) is 22.4 Å². The zero-order valence-corrected chi connectivity index (χ0v) is 11.7. The van der Waals surface area contributed by atoms with Crippen LogP contribution in [-0.2, 0) is 6.42 Å². The number of rotatable bonds is 3. The minimum absolute atomic E-state index is 0.128. The number of nitrogens with one attached hydrogen (secondary N) is 1. The molecule has 2 aromatic carbocycles. The first kappa shape index (κ1) is 13.4. The maximum Gasteiger partial charge on any atom is 0.274 e. The molecular formula is C16H16N2O3. The van der Waals surface area contributed by atoms with Gasteiger partial charge in [0.1, 0.15) is 5.75 Å². The molecule has 0 radical (unpaired) electrons. The molecule has 2 aromatic rings. The van der Waals surface area contributed by atoms with Crippen LogP contribution in [0.25, 0.3) is 0 Å². The van der Waals surface area contributed by atoms with Gasteiger partial charge in [0.25, 0.3) is 5.69 Å². The van der Waals surface area contributed by atoms with Crippen LogP contribution in [0, 0.1) is 17.0 Å². The molecule has 3 rings (SSSR count). The summed E-state index contributed by atoms with van der Waals surface area (Å²) in [6.45, 7) is 1.73. The lowest BCUT2D eigenvalue weighted by atomic mass is 10.1. The number of benzene rings is 2. The first-order chi connectivity index (χ1) is 10.0. The predicted octanol–water partition coefficient (Wildman–Crippen LogP) is 3.71. The molecule has 5 nitrogen and oxygen atoms in total. The summed E-state index contributed by atoms with van der Waals surface area (Å²) in [7, 11) is 0. The van der Waals surface area contributed by atoms with Crippen molar-refractivity contribution in [3.63, 3.8) is 0 Å². The number of nitrogens with zero attached hydrogens (tertiary/aromatic N) is 1. The van der Waals surface area contributed by atoms with Crippen LogP contribution < -0.4 is 5.32 Å². The monoisotopic (exact) mass is 284 g/mol. The summed E-state index contributed by atoms with van der Waals surface area (Å²) in [6.07, 6.45) is 1.82. The van der Waals surface area contributed by atoms with Crippen molar-refractivity contribution in [2.45, 2.75) is 25.8 Å². The smallest absolute Gasteiger partial charge is 0.274 e. The fourth-order valence-electron chi connectivity index (χ4n) is 2.85. The first-order valence-corrected chi connectivity index (χ1v) is 6.88. The molecule has 1 unspecified atom stereocenters. The summed E-state index contributed by atoms with van der Waals surface area (Å²) in [5.41, 5.74) is 3.81. The number of anilines is 1. The van der Waals surface area contributed by atoms with Gasteiger partial charge in [0.15, 0.2) is 0 Å². The SMILES string of the molecule is Cc1ccc(NC2CCc3cc(O)ccc32)cc1[N+](=O)[O-]. The number of nitro groups is 1. The Hall–Kier alpha value is -2.56. The zero-order valence-electron chi connectivity index (χ0n) is 11.7. The molecule has 1 atom stereocenters. The summed E-state index contributed by atoms with van der Waals surface area (Å²) >= 11 is 0. The minimum atomic E-state index is -0.360. The van der Waals surface area contributed by atoms with E-state index in [2.05, 4.69) is 5.32 Å². The van der Waals surface area contributed by atoms with Crippen LogP contribution in [0.3, 0.4) is 0 Å². The summed E-state index contributed by atoms with van der Waals surface area (Å²) in [5.74, 6) is 0.278. The van der Waals surface area contributed by atoms with Crippen molar-refractivity contribution in [2.24, 2.45) is 0 Å². The van der Waals surface area contributed by atoms with Crippen LogP contribution in [0.2, 0.25) is 0 Å². The van der Waals surface area contributed by atoms with Gasteiger partial charge in [0.2, 0.25) is 0 Å². The van der Waals surface area contributed by atoms with Crippen molar-refractivity contribution in [3.8, 4) is 5.75 Å². The Kier molecular flexibility index (Phi) is 3.25. The highest BCUT2D eigenvalue weighted by Crippen LogP contribution is 2.36. The van der Waals surface area contributed by atoms with E-state index < -0.39 is 0 Å². The third-order valence-electron chi connectivity index (χ3n) is 3.95. The van der Waals surface area contributed by atoms with Gasteiger partial charge in [0.05, 0.1) is 11.0 Å². The number of phenolic OH excluding ortho intramolecular Hbond substituents is 1. The number of phenols is 1. The van der Waals surface area contributed by atoms with Crippen molar-refractivity contribution < 1.29 is 10.0 Å². The van der Waals surface area contributed by atoms with Crippen molar-refractivity contribution in [1.29, 1.82) is 0 Å². The van der Waals surface area contributed by atoms with Crippen LogP contribution in [0.4, 0.5) is 11.4 Å². The molecule has 21 heavy (non-hydrogen) atoms. The van der Waals surface area contributed by atoms with Crippen molar-refractivity contribution in [3.05, 3.63) is 63.2 Å². The number of fused-ring (bicyclic) bond motifs is 1. The average molecular weight is 284 g/mol. The highest BCUT2D eigenvalue weighted by molar-refractivity contribution is 5.57. The van der Waals surface area contributed by atoms with E-state index in [1.165, 1.54) is 0 Å². The van der Waals surface area contributed by atoms with Gasteiger partial charge in [-0.3, -0.25) is 10.1 Å². The molecule has 0 fully saturated rings. The molecule has 0 spiro atoms.